The van der Waals surface area contributed by atoms with Gasteiger partial charge in [-0.2, -0.15) is 0 Å². The van der Waals surface area contributed by atoms with Crippen molar-refractivity contribution in [2.24, 2.45) is 5.92 Å². The molecule has 1 saturated carbocycles. The quantitative estimate of drug-likeness (QED) is 0.605. The van der Waals surface area contributed by atoms with Crippen LogP contribution in [-0.2, 0) is 0 Å². The highest BCUT2D eigenvalue weighted by atomic mass is 14.7. The lowest BCUT2D eigenvalue weighted by Crippen LogP contribution is -1.95. The van der Waals surface area contributed by atoms with Gasteiger partial charge in [0.2, 0.25) is 0 Å². The summed E-state index contributed by atoms with van der Waals surface area (Å²) in [6.07, 6.45) is 7.98. The molecule has 0 radical (unpaired) electrons. The van der Waals surface area contributed by atoms with Gasteiger partial charge in [-0.15, -0.1) is 0 Å². The molecule has 2 atom stereocenters. The van der Waals surface area contributed by atoms with Gasteiger partial charge >= 0.3 is 0 Å². The average molecular weight is 187 g/mol. The molecule has 1 heterocycles. The molecule has 1 aromatic rings. The number of fused-ring (bicyclic) bond motifs is 3. The van der Waals surface area contributed by atoms with E-state index in [9.17, 15) is 0 Å². The van der Waals surface area contributed by atoms with E-state index in [1.807, 2.05) is 20.8 Å². The zero-order chi connectivity index (χ0) is 10.1. The van der Waals surface area contributed by atoms with E-state index in [4.69, 9.17) is 0 Å². The van der Waals surface area contributed by atoms with Crippen molar-refractivity contribution in [2.45, 2.75) is 33.1 Å². The van der Waals surface area contributed by atoms with Crippen LogP contribution in [0.2, 0.25) is 0 Å². The summed E-state index contributed by atoms with van der Waals surface area (Å²) in [6.45, 7) is 6.05. The van der Waals surface area contributed by atoms with Crippen molar-refractivity contribution >= 4 is 6.08 Å². The van der Waals surface area contributed by atoms with Gasteiger partial charge in [-0.3, -0.25) is 4.98 Å². The van der Waals surface area contributed by atoms with Gasteiger partial charge in [0.25, 0.3) is 0 Å². The predicted molar refractivity (Wildman–Crippen MR) is 60.2 cm³/mol. The topological polar surface area (TPSA) is 12.9 Å². The summed E-state index contributed by atoms with van der Waals surface area (Å²) in [4.78, 5) is 4.34. The van der Waals surface area contributed by atoms with Crippen LogP contribution < -0.4 is 0 Å². The Morgan fingerprint density at radius 2 is 2.14 bits per heavy atom. The zero-order valence-electron chi connectivity index (χ0n) is 9.12. The highest BCUT2D eigenvalue weighted by molar-refractivity contribution is 5.60. The third kappa shape index (κ3) is 1.47. The van der Waals surface area contributed by atoms with Crippen LogP contribution >= 0.6 is 0 Å². The van der Waals surface area contributed by atoms with Crippen molar-refractivity contribution in [1.29, 1.82) is 0 Å². The Morgan fingerprint density at radius 1 is 1.36 bits per heavy atom. The number of rotatable bonds is 0. The number of hydrogen-bond acceptors (Lipinski definition) is 1. The van der Waals surface area contributed by atoms with Gasteiger partial charge < -0.3 is 0 Å². The molecule has 1 aromatic heterocycles. The van der Waals surface area contributed by atoms with Crippen molar-refractivity contribution in [3.05, 3.63) is 35.2 Å². The van der Waals surface area contributed by atoms with Gasteiger partial charge in [-0.1, -0.05) is 26.0 Å². The van der Waals surface area contributed by atoms with Crippen molar-refractivity contribution in [1.82, 2.24) is 4.98 Å². The highest BCUT2D eigenvalue weighted by Crippen LogP contribution is 2.52. The molecular weight excluding hydrogens is 170 g/mol. The smallest absolute Gasteiger partial charge is 0.0378 e. The second kappa shape index (κ2) is 3.56. The van der Waals surface area contributed by atoms with E-state index in [2.05, 4.69) is 29.4 Å². The number of pyridine rings is 1. The first-order valence-corrected chi connectivity index (χ1v) is 5.49. The highest BCUT2D eigenvalue weighted by Gasteiger charge is 2.39. The van der Waals surface area contributed by atoms with Gasteiger partial charge in [0.15, 0.2) is 0 Å². The fourth-order valence-corrected chi connectivity index (χ4v) is 2.06. The Bertz CT molecular complexity index is 365. The van der Waals surface area contributed by atoms with E-state index in [-0.39, 0.29) is 0 Å². The molecule has 1 nitrogen and oxygen atoms in total. The van der Waals surface area contributed by atoms with E-state index >= 15 is 0 Å². The molecule has 74 valence electrons. The third-order valence-corrected chi connectivity index (χ3v) is 2.87. The Labute approximate surface area is 85.9 Å². The molecule has 0 aliphatic heterocycles. The summed E-state index contributed by atoms with van der Waals surface area (Å²) in [6, 6.07) is 2.18. The number of hydrogen-bond donors (Lipinski definition) is 0. The molecule has 0 saturated heterocycles. The molecule has 1 heteroatoms. The fraction of sp³-hybridized carbons (Fsp3) is 0.462. The summed E-state index contributed by atoms with van der Waals surface area (Å²) < 4.78 is 0. The van der Waals surface area contributed by atoms with Crippen molar-refractivity contribution in [2.75, 3.05) is 0 Å². The van der Waals surface area contributed by atoms with Crippen molar-refractivity contribution in [3.63, 3.8) is 0 Å². The molecule has 2 unspecified atom stereocenters. The van der Waals surface area contributed by atoms with Gasteiger partial charge in [0.05, 0.1) is 0 Å². The standard InChI is InChI=1S/C11H11N.C2H6/c1-7-4-8-2-3-9-5-10(9)11(8)6-12-7;1-2/h2-4,6,9-10H,5H2,1H3;1-2H3. The number of allylic oxidation sites excluding steroid dienone is 1. The largest absolute Gasteiger partial charge is 0.261 e. The minimum atomic E-state index is 0.804. The Hall–Kier alpha value is -1.11. The first-order chi connectivity index (χ1) is 6.84. The van der Waals surface area contributed by atoms with Crippen LogP contribution in [0, 0.1) is 12.8 Å². The van der Waals surface area contributed by atoms with Crippen LogP contribution in [0.25, 0.3) is 6.08 Å². The Morgan fingerprint density at radius 3 is 2.93 bits per heavy atom. The molecule has 0 N–H and O–H groups in total. The molecular formula is C13H17N. The minimum Gasteiger partial charge on any atom is -0.261 e. The molecule has 1 fully saturated rings. The zero-order valence-corrected chi connectivity index (χ0v) is 9.12. The lowest BCUT2D eigenvalue weighted by molar-refractivity contribution is 0.973. The summed E-state index contributed by atoms with van der Waals surface area (Å²) in [7, 11) is 0. The maximum absolute atomic E-state index is 4.34. The summed E-state index contributed by atoms with van der Waals surface area (Å²) in [5.41, 5.74) is 3.98. The first-order valence-electron chi connectivity index (χ1n) is 5.49. The summed E-state index contributed by atoms with van der Waals surface area (Å²) in [5, 5.41) is 0. The van der Waals surface area contributed by atoms with Gasteiger partial charge in [0.1, 0.15) is 0 Å². The monoisotopic (exact) mass is 187 g/mol. The number of aryl methyl sites for hydroxylation is 1. The van der Waals surface area contributed by atoms with E-state index in [1.54, 1.807) is 0 Å². The van der Waals surface area contributed by atoms with Crippen LogP contribution in [0.3, 0.4) is 0 Å². The molecule has 3 rings (SSSR count). The third-order valence-electron chi connectivity index (χ3n) is 2.87. The van der Waals surface area contributed by atoms with Gasteiger partial charge in [-0.05, 0) is 42.4 Å². The molecule has 0 amide bonds. The number of aromatic nitrogens is 1. The molecule has 2 aliphatic carbocycles. The summed E-state index contributed by atoms with van der Waals surface area (Å²) >= 11 is 0. The Balaban J connectivity index is 0.000000354. The van der Waals surface area contributed by atoms with Gasteiger partial charge in [0, 0.05) is 11.9 Å². The lowest BCUT2D eigenvalue weighted by Gasteiger charge is -2.08. The van der Waals surface area contributed by atoms with Crippen LogP contribution in [0.5, 0.6) is 0 Å². The van der Waals surface area contributed by atoms with Crippen molar-refractivity contribution in [3.8, 4) is 0 Å². The fourth-order valence-electron chi connectivity index (χ4n) is 2.06. The van der Waals surface area contributed by atoms with Gasteiger partial charge in [-0.25, -0.2) is 0 Å². The molecule has 0 bridgehead atoms. The van der Waals surface area contributed by atoms with Crippen LogP contribution in [-0.4, -0.2) is 4.98 Å². The van der Waals surface area contributed by atoms with Crippen LogP contribution in [0.15, 0.2) is 18.3 Å². The van der Waals surface area contributed by atoms with E-state index in [0.29, 0.717) is 0 Å². The van der Waals surface area contributed by atoms with E-state index in [0.717, 1.165) is 17.5 Å². The normalized spacial score (nSPS) is 25.6. The first kappa shape index (κ1) is 9.45. The molecule has 0 aromatic carbocycles. The molecule has 14 heavy (non-hydrogen) atoms. The second-order valence-electron chi connectivity index (χ2n) is 3.82. The van der Waals surface area contributed by atoms with E-state index < -0.39 is 0 Å². The summed E-state index contributed by atoms with van der Waals surface area (Å²) in [5.74, 6) is 1.64. The SMILES string of the molecule is CC.Cc1cc2c(cn1)C1CC1C=C2. The van der Waals surface area contributed by atoms with Crippen molar-refractivity contribution < 1.29 is 0 Å². The average Bonchev–Trinajstić information content (AvgIpc) is 2.99. The Kier molecular flexibility index (Phi) is 2.40. The van der Waals surface area contributed by atoms with E-state index in [1.165, 1.54) is 17.5 Å². The minimum absolute atomic E-state index is 0.804. The number of nitrogens with zero attached hydrogens (tertiary/aromatic N) is 1. The van der Waals surface area contributed by atoms with Crippen LogP contribution in [0.1, 0.15) is 43.0 Å². The second-order valence-corrected chi connectivity index (χ2v) is 3.82. The molecule has 2 aliphatic rings. The maximum atomic E-state index is 4.34. The predicted octanol–water partition coefficient (Wildman–Crippen LogP) is 3.55. The molecule has 0 spiro atoms. The maximum Gasteiger partial charge on any atom is 0.0378 e. The van der Waals surface area contributed by atoms with Crippen LogP contribution in [0.4, 0.5) is 0 Å². The lowest BCUT2D eigenvalue weighted by atomic mass is 9.99.